The molecule has 0 spiro atoms. The van der Waals surface area contributed by atoms with Crippen LogP contribution in [0.1, 0.15) is 26.7 Å². The summed E-state index contributed by atoms with van der Waals surface area (Å²) in [6, 6.07) is -0.765. The standard InChI is InChI=1S/C9H16N2O4/c1-3-10-9(15)7(11-6(2)12)4-5-8(13)14/h7H,3-5H2,1-2H3,(H,10,15)(H,11,12)(H,13,14). The van der Waals surface area contributed by atoms with Crippen LogP contribution in [0.3, 0.4) is 0 Å². The first-order valence-electron chi connectivity index (χ1n) is 4.74. The van der Waals surface area contributed by atoms with E-state index in [9.17, 15) is 14.4 Å². The maximum atomic E-state index is 11.4. The molecule has 0 radical (unpaired) electrons. The molecule has 0 aromatic carbocycles. The number of carbonyl (C=O) groups is 3. The lowest BCUT2D eigenvalue weighted by atomic mass is 10.1. The van der Waals surface area contributed by atoms with Gasteiger partial charge in [0.25, 0.3) is 0 Å². The summed E-state index contributed by atoms with van der Waals surface area (Å²) in [7, 11) is 0. The summed E-state index contributed by atoms with van der Waals surface area (Å²) in [6.45, 7) is 3.48. The monoisotopic (exact) mass is 216 g/mol. The smallest absolute Gasteiger partial charge is 0.303 e. The van der Waals surface area contributed by atoms with Crippen LogP contribution in [0, 0.1) is 0 Å². The van der Waals surface area contributed by atoms with Gasteiger partial charge >= 0.3 is 5.97 Å². The number of carboxylic acid groups (broad SMARTS) is 1. The van der Waals surface area contributed by atoms with Crippen molar-refractivity contribution >= 4 is 17.8 Å². The summed E-state index contributed by atoms with van der Waals surface area (Å²) in [4.78, 5) is 32.5. The molecule has 0 aromatic rings. The molecule has 3 N–H and O–H groups in total. The quantitative estimate of drug-likeness (QED) is 0.557. The summed E-state index contributed by atoms with van der Waals surface area (Å²) < 4.78 is 0. The van der Waals surface area contributed by atoms with Gasteiger partial charge < -0.3 is 15.7 Å². The van der Waals surface area contributed by atoms with Crippen molar-refractivity contribution in [1.82, 2.24) is 10.6 Å². The summed E-state index contributed by atoms with van der Waals surface area (Å²) >= 11 is 0. The maximum Gasteiger partial charge on any atom is 0.303 e. The number of amides is 2. The van der Waals surface area contributed by atoms with E-state index in [0.29, 0.717) is 6.54 Å². The summed E-state index contributed by atoms with van der Waals surface area (Å²) in [5, 5.41) is 13.4. The minimum atomic E-state index is -0.991. The van der Waals surface area contributed by atoms with Crippen molar-refractivity contribution in [2.45, 2.75) is 32.7 Å². The molecule has 15 heavy (non-hydrogen) atoms. The number of hydrogen-bond donors (Lipinski definition) is 3. The second-order valence-electron chi connectivity index (χ2n) is 3.08. The molecule has 0 aliphatic carbocycles. The summed E-state index contributed by atoms with van der Waals surface area (Å²) in [5.41, 5.74) is 0. The molecule has 1 atom stereocenters. The van der Waals surface area contributed by atoms with E-state index in [2.05, 4.69) is 10.6 Å². The second-order valence-corrected chi connectivity index (χ2v) is 3.08. The van der Waals surface area contributed by atoms with Crippen LogP contribution < -0.4 is 10.6 Å². The maximum absolute atomic E-state index is 11.4. The van der Waals surface area contributed by atoms with E-state index in [1.54, 1.807) is 6.92 Å². The summed E-state index contributed by atoms with van der Waals surface area (Å²) in [6.07, 6.45) is -0.0528. The van der Waals surface area contributed by atoms with Gasteiger partial charge in [0, 0.05) is 19.9 Å². The lowest BCUT2D eigenvalue weighted by molar-refractivity contribution is -0.137. The fourth-order valence-electron chi connectivity index (χ4n) is 1.08. The Kier molecular flexibility index (Phi) is 6.08. The van der Waals surface area contributed by atoms with Gasteiger partial charge in [0.05, 0.1) is 0 Å². The molecule has 0 fully saturated rings. The third-order valence-corrected chi connectivity index (χ3v) is 1.69. The van der Waals surface area contributed by atoms with Crippen LogP contribution in [0.4, 0.5) is 0 Å². The van der Waals surface area contributed by atoms with Crippen LogP contribution in [0.2, 0.25) is 0 Å². The Balaban J connectivity index is 4.23. The Labute approximate surface area is 88.0 Å². The highest BCUT2D eigenvalue weighted by molar-refractivity contribution is 5.87. The third kappa shape index (κ3) is 6.48. The molecular formula is C9H16N2O4. The molecule has 0 aromatic heterocycles. The Bertz CT molecular complexity index is 252. The first kappa shape index (κ1) is 13.4. The van der Waals surface area contributed by atoms with Gasteiger partial charge in [0.1, 0.15) is 6.04 Å². The average molecular weight is 216 g/mol. The van der Waals surface area contributed by atoms with E-state index in [4.69, 9.17) is 5.11 Å². The molecule has 6 nitrogen and oxygen atoms in total. The molecule has 0 heterocycles. The van der Waals surface area contributed by atoms with Crippen LogP contribution >= 0.6 is 0 Å². The van der Waals surface area contributed by atoms with Gasteiger partial charge in [-0.25, -0.2) is 0 Å². The van der Waals surface area contributed by atoms with Crippen LogP contribution in [0.25, 0.3) is 0 Å². The van der Waals surface area contributed by atoms with Gasteiger partial charge in [0.2, 0.25) is 11.8 Å². The van der Waals surface area contributed by atoms with Crippen molar-refractivity contribution in [3.8, 4) is 0 Å². The minimum absolute atomic E-state index is 0.0980. The lowest BCUT2D eigenvalue weighted by Crippen LogP contribution is -2.46. The molecule has 0 saturated heterocycles. The molecule has 2 amide bonds. The van der Waals surface area contributed by atoms with Crippen LogP contribution in [-0.4, -0.2) is 35.5 Å². The zero-order valence-electron chi connectivity index (χ0n) is 8.87. The van der Waals surface area contributed by atoms with Crippen molar-refractivity contribution in [3.05, 3.63) is 0 Å². The molecular weight excluding hydrogens is 200 g/mol. The van der Waals surface area contributed by atoms with Crippen molar-refractivity contribution < 1.29 is 19.5 Å². The van der Waals surface area contributed by atoms with Gasteiger partial charge in [0.15, 0.2) is 0 Å². The van der Waals surface area contributed by atoms with Gasteiger partial charge in [-0.1, -0.05) is 0 Å². The van der Waals surface area contributed by atoms with Crippen LogP contribution in [0.5, 0.6) is 0 Å². The molecule has 0 saturated carbocycles. The van der Waals surface area contributed by atoms with E-state index >= 15 is 0 Å². The third-order valence-electron chi connectivity index (χ3n) is 1.69. The number of carboxylic acids is 1. The van der Waals surface area contributed by atoms with Crippen molar-refractivity contribution in [2.24, 2.45) is 0 Å². The van der Waals surface area contributed by atoms with Crippen molar-refractivity contribution in [3.63, 3.8) is 0 Å². The van der Waals surface area contributed by atoms with Gasteiger partial charge in [-0.05, 0) is 13.3 Å². The molecule has 86 valence electrons. The van der Waals surface area contributed by atoms with Crippen LogP contribution in [-0.2, 0) is 14.4 Å². The molecule has 0 rings (SSSR count). The topological polar surface area (TPSA) is 95.5 Å². The first-order valence-corrected chi connectivity index (χ1v) is 4.74. The predicted molar refractivity (Wildman–Crippen MR) is 53.2 cm³/mol. The van der Waals surface area contributed by atoms with E-state index < -0.39 is 12.0 Å². The molecule has 0 aliphatic rings. The van der Waals surface area contributed by atoms with E-state index in [1.807, 2.05) is 0 Å². The highest BCUT2D eigenvalue weighted by Gasteiger charge is 2.19. The lowest BCUT2D eigenvalue weighted by Gasteiger charge is -2.15. The zero-order valence-corrected chi connectivity index (χ0v) is 8.87. The number of likely N-dealkylation sites (N-methyl/N-ethyl adjacent to an activating group) is 1. The first-order chi connectivity index (χ1) is 6.97. The fraction of sp³-hybridized carbons (Fsp3) is 0.667. The van der Waals surface area contributed by atoms with Gasteiger partial charge in [-0.3, -0.25) is 14.4 Å². The van der Waals surface area contributed by atoms with Gasteiger partial charge in [-0.2, -0.15) is 0 Å². The Morgan fingerprint density at radius 1 is 1.33 bits per heavy atom. The largest absolute Gasteiger partial charge is 0.481 e. The van der Waals surface area contributed by atoms with Gasteiger partial charge in [-0.15, -0.1) is 0 Å². The van der Waals surface area contributed by atoms with Crippen molar-refractivity contribution in [2.75, 3.05) is 6.54 Å². The number of aliphatic carboxylic acids is 1. The Morgan fingerprint density at radius 2 is 1.93 bits per heavy atom. The normalized spacial score (nSPS) is 11.6. The number of nitrogens with one attached hydrogen (secondary N) is 2. The zero-order chi connectivity index (χ0) is 11.8. The van der Waals surface area contributed by atoms with E-state index in [1.165, 1.54) is 6.92 Å². The molecule has 6 heteroatoms. The average Bonchev–Trinajstić information content (AvgIpc) is 2.11. The number of hydrogen-bond acceptors (Lipinski definition) is 3. The van der Waals surface area contributed by atoms with Crippen LogP contribution in [0.15, 0.2) is 0 Å². The Hall–Kier alpha value is -1.59. The molecule has 0 bridgehead atoms. The summed E-state index contributed by atoms with van der Waals surface area (Å²) in [5.74, 6) is -1.69. The highest BCUT2D eigenvalue weighted by atomic mass is 16.4. The van der Waals surface area contributed by atoms with E-state index in [-0.39, 0.29) is 24.7 Å². The van der Waals surface area contributed by atoms with Crippen molar-refractivity contribution in [1.29, 1.82) is 0 Å². The minimum Gasteiger partial charge on any atom is -0.481 e. The second kappa shape index (κ2) is 6.80. The molecule has 1 unspecified atom stereocenters. The number of carbonyl (C=O) groups excluding carboxylic acids is 2. The van der Waals surface area contributed by atoms with E-state index in [0.717, 1.165) is 0 Å². The SMILES string of the molecule is CCNC(=O)C(CCC(=O)O)NC(C)=O. The Morgan fingerprint density at radius 3 is 2.33 bits per heavy atom. The molecule has 0 aliphatic heterocycles. The number of rotatable bonds is 6. The predicted octanol–water partition coefficient (Wildman–Crippen LogP) is -0.508. The fourth-order valence-corrected chi connectivity index (χ4v) is 1.08. The highest BCUT2D eigenvalue weighted by Crippen LogP contribution is 1.98.